The number of H-pyrrole nitrogens is 2. The molecule has 66 valence electrons. The molecular weight excluding hydrogens is 236 g/mol. The summed E-state index contributed by atoms with van der Waals surface area (Å²) < 4.78 is 0.850. The number of nitrogens with one attached hydrogen (secondary N) is 2. The van der Waals surface area contributed by atoms with Gasteiger partial charge in [-0.15, -0.1) is 0 Å². The fourth-order valence-corrected chi connectivity index (χ4v) is 1.45. The molecule has 2 rings (SSSR count). The van der Waals surface area contributed by atoms with Gasteiger partial charge in [0, 0.05) is 4.47 Å². The van der Waals surface area contributed by atoms with Crippen LogP contribution in [0.1, 0.15) is 0 Å². The van der Waals surface area contributed by atoms with Crippen LogP contribution in [0.2, 0.25) is 0 Å². The summed E-state index contributed by atoms with van der Waals surface area (Å²) in [4.78, 5) is 26.8. The molecule has 0 unspecified atom stereocenters. The molecule has 1 heterocycles. The number of hydrogen-bond acceptors (Lipinski definition) is 2. The van der Waals surface area contributed by atoms with E-state index in [-0.39, 0.29) is 0 Å². The van der Waals surface area contributed by atoms with E-state index in [4.69, 9.17) is 0 Å². The maximum absolute atomic E-state index is 10.9. The Hall–Kier alpha value is -1.36. The summed E-state index contributed by atoms with van der Waals surface area (Å²) in [5, 5.41) is 0. The molecule has 0 radical (unpaired) electrons. The van der Waals surface area contributed by atoms with Crippen molar-refractivity contribution in [3.05, 3.63) is 43.4 Å². The van der Waals surface area contributed by atoms with E-state index in [0.29, 0.717) is 11.0 Å². The second-order valence-corrected chi connectivity index (χ2v) is 3.51. The number of fused-ring (bicyclic) bond motifs is 1. The highest BCUT2D eigenvalue weighted by Gasteiger charge is 1.98. The van der Waals surface area contributed by atoms with Crippen LogP contribution in [0, 0.1) is 0 Å². The van der Waals surface area contributed by atoms with E-state index >= 15 is 0 Å². The standard InChI is InChI=1S/C8H5BrN2O2/c9-4-1-2-5-6(3-4)11-8(13)7(12)10-5/h1-3H,(H,10,12)(H,11,13). The summed E-state index contributed by atoms with van der Waals surface area (Å²) >= 11 is 3.26. The molecule has 0 fully saturated rings. The molecule has 4 nitrogen and oxygen atoms in total. The van der Waals surface area contributed by atoms with Gasteiger partial charge >= 0.3 is 11.1 Å². The van der Waals surface area contributed by atoms with Crippen molar-refractivity contribution < 1.29 is 0 Å². The van der Waals surface area contributed by atoms with E-state index in [1.165, 1.54) is 0 Å². The molecule has 0 amide bonds. The Kier molecular flexibility index (Phi) is 1.81. The maximum Gasteiger partial charge on any atom is 0.314 e. The molecule has 0 aliphatic carbocycles. The van der Waals surface area contributed by atoms with Crippen LogP contribution in [0.25, 0.3) is 11.0 Å². The summed E-state index contributed by atoms with van der Waals surface area (Å²) in [7, 11) is 0. The topological polar surface area (TPSA) is 65.7 Å². The number of aromatic nitrogens is 2. The summed E-state index contributed by atoms with van der Waals surface area (Å²) in [6, 6.07) is 5.24. The van der Waals surface area contributed by atoms with Gasteiger partial charge in [-0.3, -0.25) is 9.59 Å². The second-order valence-electron chi connectivity index (χ2n) is 2.60. The first kappa shape index (κ1) is 8.25. The van der Waals surface area contributed by atoms with Crippen molar-refractivity contribution in [2.75, 3.05) is 0 Å². The Labute approximate surface area is 80.7 Å². The van der Waals surface area contributed by atoms with Gasteiger partial charge in [-0.1, -0.05) is 15.9 Å². The molecule has 0 bridgehead atoms. The Morgan fingerprint density at radius 3 is 2.31 bits per heavy atom. The van der Waals surface area contributed by atoms with Crippen LogP contribution in [0.4, 0.5) is 0 Å². The van der Waals surface area contributed by atoms with Gasteiger partial charge < -0.3 is 9.97 Å². The second kappa shape index (κ2) is 2.85. The van der Waals surface area contributed by atoms with Crippen molar-refractivity contribution in [2.24, 2.45) is 0 Å². The third-order valence-corrected chi connectivity index (χ3v) is 2.18. The molecule has 0 aliphatic rings. The normalized spacial score (nSPS) is 10.5. The zero-order chi connectivity index (χ0) is 9.42. The molecule has 0 saturated heterocycles. The molecule has 0 spiro atoms. The first-order chi connectivity index (χ1) is 6.16. The molecule has 2 aromatic rings. The monoisotopic (exact) mass is 240 g/mol. The Morgan fingerprint density at radius 2 is 1.62 bits per heavy atom. The zero-order valence-electron chi connectivity index (χ0n) is 6.43. The Morgan fingerprint density at radius 1 is 1.00 bits per heavy atom. The molecule has 0 saturated carbocycles. The van der Waals surface area contributed by atoms with Crippen molar-refractivity contribution in [1.82, 2.24) is 9.97 Å². The average molecular weight is 241 g/mol. The minimum atomic E-state index is -0.634. The highest BCUT2D eigenvalue weighted by molar-refractivity contribution is 9.10. The highest BCUT2D eigenvalue weighted by Crippen LogP contribution is 2.13. The largest absolute Gasteiger partial charge is 0.316 e. The van der Waals surface area contributed by atoms with E-state index in [2.05, 4.69) is 25.9 Å². The van der Waals surface area contributed by atoms with Gasteiger partial charge in [-0.05, 0) is 18.2 Å². The van der Waals surface area contributed by atoms with Gasteiger partial charge in [-0.2, -0.15) is 0 Å². The lowest BCUT2D eigenvalue weighted by Crippen LogP contribution is -2.28. The first-order valence-electron chi connectivity index (χ1n) is 3.59. The van der Waals surface area contributed by atoms with Crippen molar-refractivity contribution in [1.29, 1.82) is 0 Å². The van der Waals surface area contributed by atoms with Gasteiger partial charge in [0.25, 0.3) is 0 Å². The van der Waals surface area contributed by atoms with Gasteiger partial charge in [0.1, 0.15) is 0 Å². The summed E-state index contributed by atoms with van der Waals surface area (Å²) in [5.41, 5.74) is -0.0350. The molecule has 13 heavy (non-hydrogen) atoms. The molecule has 1 aromatic carbocycles. The van der Waals surface area contributed by atoms with E-state index in [1.54, 1.807) is 18.2 Å². The molecule has 5 heteroatoms. The Balaban J connectivity index is 2.97. The molecule has 1 aromatic heterocycles. The lowest BCUT2D eigenvalue weighted by atomic mass is 10.3. The first-order valence-corrected chi connectivity index (χ1v) is 4.38. The van der Waals surface area contributed by atoms with E-state index in [1.807, 2.05) is 0 Å². The van der Waals surface area contributed by atoms with Gasteiger partial charge in [-0.25, -0.2) is 0 Å². The number of hydrogen-bond donors (Lipinski definition) is 2. The van der Waals surface area contributed by atoms with Crippen LogP contribution in [-0.4, -0.2) is 9.97 Å². The predicted molar refractivity (Wildman–Crippen MR) is 52.9 cm³/mol. The minimum absolute atomic E-state index is 0.610. The van der Waals surface area contributed by atoms with Crippen LogP contribution in [0.3, 0.4) is 0 Å². The third-order valence-electron chi connectivity index (χ3n) is 1.68. The lowest BCUT2D eigenvalue weighted by molar-refractivity contribution is 1.15. The zero-order valence-corrected chi connectivity index (χ0v) is 8.01. The van der Waals surface area contributed by atoms with E-state index in [0.717, 1.165) is 4.47 Å². The fraction of sp³-hybridized carbons (Fsp3) is 0. The number of benzene rings is 1. The fourth-order valence-electron chi connectivity index (χ4n) is 1.09. The number of aromatic amines is 2. The predicted octanol–water partition coefficient (Wildman–Crippen LogP) is 0.979. The van der Waals surface area contributed by atoms with Gasteiger partial charge in [0.2, 0.25) is 0 Å². The Bertz CT molecular complexity index is 570. The van der Waals surface area contributed by atoms with Crippen molar-refractivity contribution in [3.63, 3.8) is 0 Å². The number of rotatable bonds is 0. The SMILES string of the molecule is O=c1[nH]c2ccc(Br)cc2[nH]c1=O. The van der Waals surface area contributed by atoms with Crippen LogP contribution >= 0.6 is 15.9 Å². The lowest BCUT2D eigenvalue weighted by Gasteiger charge is -1.96. The third kappa shape index (κ3) is 1.42. The molecule has 2 N–H and O–H groups in total. The smallest absolute Gasteiger partial charge is 0.314 e. The van der Waals surface area contributed by atoms with Crippen LogP contribution < -0.4 is 11.1 Å². The quantitative estimate of drug-likeness (QED) is 0.675. The van der Waals surface area contributed by atoms with Gasteiger partial charge in [0.05, 0.1) is 11.0 Å². The van der Waals surface area contributed by atoms with Crippen molar-refractivity contribution in [3.8, 4) is 0 Å². The minimum Gasteiger partial charge on any atom is -0.316 e. The van der Waals surface area contributed by atoms with E-state index in [9.17, 15) is 9.59 Å². The molecule has 0 atom stereocenters. The summed E-state index contributed by atoms with van der Waals surface area (Å²) in [6.07, 6.45) is 0. The number of halogens is 1. The maximum atomic E-state index is 10.9. The molecular formula is C8H5BrN2O2. The highest BCUT2D eigenvalue weighted by atomic mass is 79.9. The van der Waals surface area contributed by atoms with Crippen LogP contribution in [-0.2, 0) is 0 Å². The van der Waals surface area contributed by atoms with E-state index < -0.39 is 11.1 Å². The van der Waals surface area contributed by atoms with Crippen molar-refractivity contribution >= 4 is 27.0 Å². The van der Waals surface area contributed by atoms with Crippen LogP contribution in [0.5, 0.6) is 0 Å². The summed E-state index contributed by atoms with van der Waals surface area (Å²) in [6.45, 7) is 0. The van der Waals surface area contributed by atoms with Gasteiger partial charge in [0.15, 0.2) is 0 Å². The molecule has 0 aliphatic heterocycles. The summed E-state index contributed by atoms with van der Waals surface area (Å²) in [5.74, 6) is 0. The average Bonchev–Trinajstić information content (AvgIpc) is 2.08. The van der Waals surface area contributed by atoms with Crippen LogP contribution in [0.15, 0.2) is 32.3 Å². The van der Waals surface area contributed by atoms with Crippen molar-refractivity contribution in [2.45, 2.75) is 0 Å².